The summed E-state index contributed by atoms with van der Waals surface area (Å²) in [5, 5.41) is 13.1. The van der Waals surface area contributed by atoms with Crippen molar-refractivity contribution in [1.82, 2.24) is 0 Å². The fourth-order valence-electron chi connectivity index (χ4n) is 5.24. The smallest absolute Gasteiger partial charge is 0.0422 e. The Morgan fingerprint density at radius 3 is 1.46 bits per heavy atom. The first-order chi connectivity index (χ1) is 13.9. The fraction of sp³-hybridized carbons (Fsp3) is 0.462. The third kappa shape index (κ3) is 3.70. The molecule has 0 atom stereocenters. The SMILES string of the molecule is c1cc(NC2CCCCC2)c2cc3c(NC4CCCCC4)cccc3cc2c1. The summed E-state index contributed by atoms with van der Waals surface area (Å²) in [6.45, 7) is 0. The van der Waals surface area contributed by atoms with E-state index >= 15 is 0 Å². The molecule has 0 radical (unpaired) electrons. The molecule has 0 bridgehead atoms. The first kappa shape index (κ1) is 17.8. The van der Waals surface area contributed by atoms with Gasteiger partial charge in [0.15, 0.2) is 0 Å². The average Bonchev–Trinajstić information content (AvgIpc) is 2.75. The Morgan fingerprint density at radius 2 is 1.00 bits per heavy atom. The zero-order valence-electron chi connectivity index (χ0n) is 16.8. The van der Waals surface area contributed by atoms with E-state index in [0.29, 0.717) is 12.1 Å². The lowest BCUT2D eigenvalue weighted by atomic mass is 9.94. The van der Waals surface area contributed by atoms with Crippen LogP contribution in [0.4, 0.5) is 11.4 Å². The average molecular weight is 373 g/mol. The van der Waals surface area contributed by atoms with Crippen molar-refractivity contribution >= 4 is 32.9 Å². The summed E-state index contributed by atoms with van der Waals surface area (Å²) < 4.78 is 0. The lowest BCUT2D eigenvalue weighted by Crippen LogP contribution is -2.22. The standard InChI is InChI=1S/C26H32N2/c1-3-11-21(12-4-1)27-25-15-7-9-19-17-20-10-8-16-26(24(20)18-23(19)25)28-22-13-5-2-6-14-22/h7-10,15-18,21-22,27-28H,1-6,11-14H2. The molecule has 2 N–H and O–H groups in total. The molecule has 3 aromatic rings. The van der Waals surface area contributed by atoms with E-state index in [-0.39, 0.29) is 0 Å². The van der Waals surface area contributed by atoms with Crippen LogP contribution >= 0.6 is 0 Å². The zero-order valence-corrected chi connectivity index (χ0v) is 16.8. The third-order valence-electron chi connectivity index (χ3n) is 6.81. The highest BCUT2D eigenvalue weighted by Gasteiger charge is 2.16. The number of anilines is 2. The minimum atomic E-state index is 0.630. The number of benzene rings is 3. The third-order valence-corrected chi connectivity index (χ3v) is 6.81. The molecule has 0 heterocycles. The maximum atomic E-state index is 3.87. The summed E-state index contributed by atoms with van der Waals surface area (Å²) in [4.78, 5) is 0. The lowest BCUT2D eigenvalue weighted by Gasteiger charge is -2.25. The highest BCUT2D eigenvalue weighted by atomic mass is 14.9. The summed E-state index contributed by atoms with van der Waals surface area (Å²) in [5.41, 5.74) is 2.61. The molecule has 2 aliphatic rings. The predicted molar refractivity (Wildman–Crippen MR) is 122 cm³/mol. The van der Waals surface area contributed by atoms with E-state index in [0.717, 1.165) is 0 Å². The number of rotatable bonds is 4. The van der Waals surface area contributed by atoms with E-state index in [1.165, 1.54) is 97.1 Å². The van der Waals surface area contributed by atoms with Crippen molar-refractivity contribution in [2.45, 2.75) is 76.3 Å². The molecule has 2 aliphatic carbocycles. The van der Waals surface area contributed by atoms with Gasteiger partial charge in [0, 0.05) is 34.2 Å². The van der Waals surface area contributed by atoms with Gasteiger partial charge in [-0.2, -0.15) is 0 Å². The van der Waals surface area contributed by atoms with Crippen molar-refractivity contribution < 1.29 is 0 Å². The molecular formula is C26H32N2. The lowest BCUT2D eigenvalue weighted by molar-refractivity contribution is 0.463. The van der Waals surface area contributed by atoms with Gasteiger partial charge < -0.3 is 10.6 Å². The molecular weight excluding hydrogens is 340 g/mol. The van der Waals surface area contributed by atoms with Crippen LogP contribution in [0, 0.1) is 0 Å². The van der Waals surface area contributed by atoms with Crippen molar-refractivity contribution in [2.24, 2.45) is 0 Å². The molecule has 28 heavy (non-hydrogen) atoms. The van der Waals surface area contributed by atoms with E-state index < -0.39 is 0 Å². The van der Waals surface area contributed by atoms with Crippen molar-refractivity contribution in [3.05, 3.63) is 48.5 Å². The molecule has 5 rings (SSSR count). The minimum Gasteiger partial charge on any atom is -0.382 e. The van der Waals surface area contributed by atoms with Gasteiger partial charge in [-0.25, -0.2) is 0 Å². The van der Waals surface area contributed by atoms with Crippen molar-refractivity contribution in [3.8, 4) is 0 Å². The molecule has 0 saturated heterocycles. The van der Waals surface area contributed by atoms with Gasteiger partial charge in [-0.05, 0) is 60.7 Å². The number of nitrogens with one attached hydrogen (secondary N) is 2. The molecule has 0 amide bonds. The molecule has 146 valence electrons. The van der Waals surface area contributed by atoms with E-state index in [1.807, 2.05) is 0 Å². The van der Waals surface area contributed by atoms with E-state index in [2.05, 4.69) is 59.2 Å². The summed E-state index contributed by atoms with van der Waals surface area (Å²) >= 11 is 0. The molecule has 2 nitrogen and oxygen atoms in total. The van der Waals surface area contributed by atoms with Crippen LogP contribution < -0.4 is 10.6 Å². The van der Waals surface area contributed by atoms with Crippen LogP contribution in [0.25, 0.3) is 21.5 Å². The predicted octanol–water partition coefficient (Wildman–Crippen LogP) is 7.48. The Kier molecular flexibility index (Phi) is 5.12. The minimum absolute atomic E-state index is 0.630. The monoisotopic (exact) mass is 372 g/mol. The van der Waals surface area contributed by atoms with Gasteiger partial charge in [0.25, 0.3) is 0 Å². The topological polar surface area (TPSA) is 24.1 Å². The number of hydrogen-bond acceptors (Lipinski definition) is 2. The Morgan fingerprint density at radius 1 is 0.536 bits per heavy atom. The largest absolute Gasteiger partial charge is 0.382 e. The second-order valence-electron chi connectivity index (χ2n) is 8.86. The van der Waals surface area contributed by atoms with Gasteiger partial charge in [0.1, 0.15) is 0 Å². The van der Waals surface area contributed by atoms with Crippen LogP contribution in [0.3, 0.4) is 0 Å². The summed E-state index contributed by atoms with van der Waals surface area (Å²) in [6, 6.07) is 19.5. The van der Waals surface area contributed by atoms with Gasteiger partial charge in [-0.15, -0.1) is 0 Å². The Labute approximate surface area is 168 Å². The van der Waals surface area contributed by atoms with Gasteiger partial charge in [-0.3, -0.25) is 0 Å². The van der Waals surface area contributed by atoms with Gasteiger partial charge in [0.05, 0.1) is 0 Å². The normalized spacial score (nSPS) is 19.1. The highest BCUT2D eigenvalue weighted by molar-refractivity contribution is 6.07. The molecule has 2 saturated carbocycles. The van der Waals surface area contributed by atoms with Gasteiger partial charge >= 0.3 is 0 Å². The molecule has 0 aromatic heterocycles. The summed E-state index contributed by atoms with van der Waals surface area (Å²) in [6.07, 6.45) is 13.5. The first-order valence-electron chi connectivity index (χ1n) is 11.4. The second-order valence-corrected chi connectivity index (χ2v) is 8.86. The quantitative estimate of drug-likeness (QED) is 0.464. The maximum Gasteiger partial charge on any atom is 0.0422 e. The molecule has 0 spiro atoms. The number of fused-ring (bicyclic) bond motifs is 2. The Hall–Kier alpha value is -2.22. The van der Waals surface area contributed by atoms with Crippen LogP contribution in [0.2, 0.25) is 0 Å². The van der Waals surface area contributed by atoms with Crippen LogP contribution in [-0.4, -0.2) is 12.1 Å². The van der Waals surface area contributed by atoms with Crippen molar-refractivity contribution in [3.63, 3.8) is 0 Å². The molecule has 2 fully saturated rings. The molecule has 3 aromatic carbocycles. The van der Waals surface area contributed by atoms with Crippen LogP contribution in [-0.2, 0) is 0 Å². The van der Waals surface area contributed by atoms with Crippen molar-refractivity contribution in [2.75, 3.05) is 10.6 Å². The summed E-state index contributed by atoms with van der Waals surface area (Å²) in [5.74, 6) is 0. The van der Waals surface area contributed by atoms with Gasteiger partial charge in [-0.1, -0.05) is 62.8 Å². The maximum absolute atomic E-state index is 3.87. The molecule has 0 unspecified atom stereocenters. The van der Waals surface area contributed by atoms with Crippen LogP contribution in [0.15, 0.2) is 48.5 Å². The first-order valence-corrected chi connectivity index (χ1v) is 11.4. The number of hydrogen-bond donors (Lipinski definition) is 2. The highest BCUT2D eigenvalue weighted by Crippen LogP contribution is 2.34. The zero-order chi connectivity index (χ0) is 18.8. The Balaban J connectivity index is 1.52. The van der Waals surface area contributed by atoms with E-state index in [4.69, 9.17) is 0 Å². The summed E-state index contributed by atoms with van der Waals surface area (Å²) in [7, 11) is 0. The fourth-order valence-corrected chi connectivity index (χ4v) is 5.24. The van der Waals surface area contributed by atoms with E-state index in [9.17, 15) is 0 Å². The van der Waals surface area contributed by atoms with Crippen molar-refractivity contribution in [1.29, 1.82) is 0 Å². The van der Waals surface area contributed by atoms with Crippen LogP contribution in [0.1, 0.15) is 64.2 Å². The Bertz CT molecular complexity index is 874. The van der Waals surface area contributed by atoms with Gasteiger partial charge in [0.2, 0.25) is 0 Å². The molecule has 2 heteroatoms. The second kappa shape index (κ2) is 8.03. The van der Waals surface area contributed by atoms with E-state index in [1.54, 1.807) is 0 Å². The molecule has 0 aliphatic heterocycles. The van der Waals surface area contributed by atoms with Crippen LogP contribution in [0.5, 0.6) is 0 Å².